The third kappa shape index (κ3) is 4.41. The van der Waals surface area contributed by atoms with Gasteiger partial charge in [0.1, 0.15) is 5.60 Å². The monoisotopic (exact) mass is 253 g/mol. The van der Waals surface area contributed by atoms with Crippen molar-refractivity contribution in [2.75, 3.05) is 6.54 Å². The van der Waals surface area contributed by atoms with Gasteiger partial charge in [0.05, 0.1) is 0 Å². The van der Waals surface area contributed by atoms with Crippen LogP contribution in [0.5, 0.6) is 0 Å². The summed E-state index contributed by atoms with van der Waals surface area (Å²) in [7, 11) is 0. The quantitative estimate of drug-likeness (QED) is 0.772. The standard InChI is InChI=1S/C13H23N3O2/c1-8-6-10(9(2)16-8)11(14)7-15-12(17)18-13(3,4)5/h6,11,16H,7,14H2,1-5H3,(H,15,17). The van der Waals surface area contributed by atoms with Crippen molar-refractivity contribution in [1.82, 2.24) is 10.3 Å². The molecule has 0 aliphatic heterocycles. The lowest BCUT2D eigenvalue weighted by molar-refractivity contribution is 0.0524. The Morgan fingerprint density at radius 2 is 2.11 bits per heavy atom. The molecule has 1 aromatic heterocycles. The molecule has 0 saturated heterocycles. The lowest BCUT2D eigenvalue weighted by atomic mass is 10.1. The maximum absolute atomic E-state index is 11.5. The first-order valence-electron chi connectivity index (χ1n) is 6.07. The van der Waals surface area contributed by atoms with Crippen LogP contribution in [0.4, 0.5) is 4.79 Å². The summed E-state index contributed by atoms with van der Waals surface area (Å²) >= 11 is 0. The van der Waals surface area contributed by atoms with E-state index in [2.05, 4.69) is 10.3 Å². The number of ether oxygens (including phenoxy) is 1. The number of hydrogen-bond acceptors (Lipinski definition) is 3. The second-order valence-electron chi connectivity index (χ2n) is 5.52. The van der Waals surface area contributed by atoms with E-state index in [-0.39, 0.29) is 6.04 Å². The fourth-order valence-electron chi connectivity index (χ4n) is 1.75. The number of carbonyl (C=O) groups is 1. The minimum atomic E-state index is -0.491. The molecular weight excluding hydrogens is 230 g/mol. The van der Waals surface area contributed by atoms with E-state index >= 15 is 0 Å². The van der Waals surface area contributed by atoms with Gasteiger partial charge in [-0.3, -0.25) is 0 Å². The molecule has 0 spiro atoms. The summed E-state index contributed by atoms with van der Waals surface area (Å²) < 4.78 is 5.15. The predicted molar refractivity (Wildman–Crippen MR) is 71.4 cm³/mol. The summed E-state index contributed by atoms with van der Waals surface area (Å²) in [4.78, 5) is 14.7. The van der Waals surface area contributed by atoms with Gasteiger partial charge < -0.3 is 20.8 Å². The van der Waals surface area contributed by atoms with Gasteiger partial charge in [-0.2, -0.15) is 0 Å². The highest BCUT2D eigenvalue weighted by Crippen LogP contribution is 2.16. The lowest BCUT2D eigenvalue weighted by Gasteiger charge is -2.20. The number of rotatable bonds is 3. The second-order valence-corrected chi connectivity index (χ2v) is 5.52. The van der Waals surface area contributed by atoms with Gasteiger partial charge >= 0.3 is 6.09 Å². The third-order valence-corrected chi connectivity index (χ3v) is 2.45. The number of alkyl carbamates (subject to hydrolysis) is 1. The highest BCUT2D eigenvalue weighted by atomic mass is 16.6. The van der Waals surface area contributed by atoms with Crippen molar-refractivity contribution in [2.24, 2.45) is 5.73 Å². The van der Waals surface area contributed by atoms with Crippen molar-refractivity contribution in [3.05, 3.63) is 23.0 Å². The van der Waals surface area contributed by atoms with Crippen LogP contribution >= 0.6 is 0 Å². The van der Waals surface area contributed by atoms with Crippen LogP contribution in [-0.2, 0) is 4.74 Å². The van der Waals surface area contributed by atoms with Crippen molar-refractivity contribution in [3.8, 4) is 0 Å². The first kappa shape index (κ1) is 14.6. The summed E-state index contributed by atoms with van der Waals surface area (Å²) in [6, 6.07) is 1.76. The van der Waals surface area contributed by atoms with E-state index in [9.17, 15) is 4.79 Å². The van der Waals surface area contributed by atoms with E-state index in [0.29, 0.717) is 6.54 Å². The average Bonchev–Trinajstić information content (AvgIpc) is 2.52. The summed E-state index contributed by atoms with van der Waals surface area (Å²) in [5.74, 6) is 0. The fourth-order valence-corrected chi connectivity index (χ4v) is 1.75. The topological polar surface area (TPSA) is 80.1 Å². The summed E-state index contributed by atoms with van der Waals surface area (Å²) in [6.07, 6.45) is -0.442. The number of hydrogen-bond donors (Lipinski definition) is 3. The zero-order valence-corrected chi connectivity index (χ0v) is 11.8. The predicted octanol–water partition coefficient (Wildman–Crippen LogP) is 2.16. The van der Waals surface area contributed by atoms with Crippen LogP contribution in [0.1, 0.15) is 43.8 Å². The van der Waals surface area contributed by atoms with Crippen molar-refractivity contribution < 1.29 is 9.53 Å². The zero-order valence-electron chi connectivity index (χ0n) is 11.8. The van der Waals surface area contributed by atoms with Gasteiger partial charge in [-0.1, -0.05) is 0 Å². The number of amides is 1. The highest BCUT2D eigenvalue weighted by Gasteiger charge is 2.17. The molecule has 0 aromatic carbocycles. The molecule has 1 amide bonds. The lowest BCUT2D eigenvalue weighted by Crippen LogP contribution is -2.36. The van der Waals surface area contributed by atoms with Crippen LogP contribution in [0.25, 0.3) is 0 Å². The number of nitrogens with one attached hydrogen (secondary N) is 2. The highest BCUT2D eigenvalue weighted by molar-refractivity contribution is 5.67. The Morgan fingerprint density at radius 3 is 2.56 bits per heavy atom. The Morgan fingerprint density at radius 1 is 1.50 bits per heavy atom. The first-order valence-corrected chi connectivity index (χ1v) is 6.07. The Balaban J connectivity index is 2.49. The molecule has 0 bridgehead atoms. The number of nitrogens with two attached hydrogens (primary N) is 1. The summed E-state index contributed by atoms with van der Waals surface area (Å²) in [6.45, 7) is 9.78. The average molecular weight is 253 g/mol. The molecule has 0 radical (unpaired) electrons. The number of aromatic amines is 1. The molecule has 102 valence electrons. The molecule has 1 heterocycles. The van der Waals surface area contributed by atoms with Crippen molar-refractivity contribution in [2.45, 2.75) is 46.3 Å². The molecule has 5 heteroatoms. The van der Waals surface area contributed by atoms with Crippen LogP contribution < -0.4 is 11.1 Å². The summed E-state index contributed by atoms with van der Waals surface area (Å²) in [5.41, 5.74) is 8.66. The van der Waals surface area contributed by atoms with E-state index in [1.165, 1.54) is 0 Å². The molecular formula is C13H23N3O2. The Kier molecular flexibility index (Phi) is 4.40. The van der Waals surface area contributed by atoms with Crippen LogP contribution in [0.2, 0.25) is 0 Å². The Labute approximate surface area is 108 Å². The number of H-pyrrole nitrogens is 1. The van der Waals surface area contributed by atoms with Crippen LogP contribution in [0.15, 0.2) is 6.07 Å². The van der Waals surface area contributed by atoms with Crippen molar-refractivity contribution in [3.63, 3.8) is 0 Å². The smallest absolute Gasteiger partial charge is 0.407 e. The zero-order chi connectivity index (χ0) is 13.9. The SMILES string of the molecule is Cc1cc(C(N)CNC(=O)OC(C)(C)C)c(C)[nH]1. The molecule has 18 heavy (non-hydrogen) atoms. The van der Waals surface area contributed by atoms with E-state index < -0.39 is 11.7 Å². The van der Waals surface area contributed by atoms with Gasteiger partial charge in [-0.05, 0) is 46.2 Å². The fraction of sp³-hybridized carbons (Fsp3) is 0.615. The molecule has 0 saturated carbocycles. The normalized spacial score (nSPS) is 13.2. The van der Waals surface area contributed by atoms with E-state index in [0.717, 1.165) is 17.0 Å². The third-order valence-electron chi connectivity index (χ3n) is 2.45. The second kappa shape index (κ2) is 5.44. The maximum Gasteiger partial charge on any atom is 0.407 e. The maximum atomic E-state index is 11.5. The first-order chi connectivity index (χ1) is 8.19. The summed E-state index contributed by atoms with van der Waals surface area (Å²) in [5, 5.41) is 2.67. The van der Waals surface area contributed by atoms with Gasteiger partial charge in [-0.25, -0.2) is 4.79 Å². The molecule has 1 rings (SSSR count). The molecule has 0 fully saturated rings. The molecule has 4 N–H and O–H groups in total. The van der Waals surface area contributed by atoms with E-state index in [4.69, 9.17) is 10.5 Å². The Hall–Kier alpha value is -1.49. The van der Waals surface area contributed by atoms with Gasteiger partial charge in [0.2, 0.25) is 0 Å². The molecule has 1 unspecified atom stereocenters. The number of carbonyl (C=O) groups excluding carboxylic acids is 1. The van der Waals surface area contributed by atoms with Crippen LogP contribution in [0.3, 0.4) is 0 Å². The minimum absolute atomic E-state index is 0.234. The molecule has 1 aromatic rings. The molecule has 0 aliphatic carbocycles. The molecule has 1 atom stereocenters. The van der Waals surface area contributed by atoms with Crippen LogP contribution in [-0.4, -0.2) is 23.2 Å². The number of aromatic nitrogens is 1. The molecule has 5 nitrogen and oxygen atoms in total. The van der Waals surface area contributed by atoms with Gasteiger partial charge in [0.25, 0.3) is 0 Å². The van der Waals surface area contributed by atoms with Gasteiger partial charge in [-0.15, -0.1) is 0 Å². The Bertz CT molecular complexity index is 418. The number of aryl methyl sites for hydroxylation is 2. The molecule has 0 aliphatic rings. The van der Waals surface area contributed by atoms with Crippen LogP contribution in [0, 0.1) is 13.8 Å². The van der Waals surface area contributed by atoms with E-state index in [1.54, 1.807) is 0 Å². The van der Waals surface area contributed by atoms with Crippen molar-refractivity contribution in [1.29, 1.82) is 0 Å². The minimum Gasteiger partial charge on any atom is -0.444 e. The van der Waals surface area contributed by atoms with Gasteiger partial charge in [0, 0.05) is 24.0 Å². The van der Waals surface area contributed by atoms with E-state index in [1.807, 2.05) is 40.7 Å². The van der Waals surface area contributed by atoms with Gasteiger partial charge in [0.15, 0.2) is 0 Å². The van der Waals surface area contributed by atoms with Crippen molar-refractivity contribution >= 4 is 6.09 Å². The largest absolute Gasteiger partial charge is 0.444 e.